The monoisotopic (exact) mass is 441 g/mol. The first kappa shape index (κ1) is 21.8. The van der Waals surface area contributed by atoms with E-state index in [0.717, 1.165) is 64.0 Å². The third kappa shape index (κ3) is 5.84. The predicted octanol–water partition coefficient (Wildman–Crippen LogP) is 1.84. The lowest BCUT2D eigenvalue weighted by Crippen LogP contribution is -2.49. The van der Waals surface area contributed by atoms with Crippen LogP contribution in [-0.4, -0.2) is 51.5 Å². The van der Waals surface area contributed by atoms with Gasteiger partial charge in [-0.25, -0.2) is 13.1 Å². The minimum Gasteiger partial charge on any atom is -0.353 e. The van der Waals surface area contributed by atoms with Gasteiger partial charge >= 0.3 is 0 Å². The third-order valence-corrected chi connectivity index (χ3v) is 7.40. The summed E-state index contributed by atoms with van der Waals surface area (Å²) in [6, 6.07) is 15.8. The number of likely N-dealkylation sites (tertiary alicyclic amines) is 1. The smallest absolute Gasteiger partial charge is 0.264 e. The molecule has 166 valence electrons. The molecule has 0 aromatic heterocycles. The lowest BCUT2D eigenvalue weighted by molar-refractivity contribution is 0.198. The highest BCUT2D eigenvalue weighted by Gasteiger charge is 2.23. The third-order valence-electron chi connectivity index (χ3n) is 6.05. The Bertz CT molecular complexity index is 1000. The van der Waals surface area contributed by atoms with Crippen LogP contribution >= 0.6 is 0 Å². The van der Waals surface area contributed by atoms with Gasteiger partial charge in [0.1, 0.15) is 0 Å². The summed E-state index contributed by atoms with van der Waals surface area (Å²) in [5.74, 6) is -0.155. The molecule has 0 spiro atoms. The zero-order valence-electron chi connectivity index (χ0n) is 17.7. The van der Waals surface area contributed by atoms with E-state index in [1.54, 1.807) is 12.1 Å². The van der Waals surface area contributed by atoms with E-state index in [1.165, 1.54) is 11.1 Å². The van der Waals surface area contributed by atoms with Crippen molar-refractivity contribution in [2.45, 2.75) is 43.2 Å². The molecule has 31 heavy (non-hydrogen) atoms. The van der Waals surface area contributed by atoms with Gasteiger partial charge in [-0.05, 0) is 67.6 Å². The first-order valence-electron chi connectivity index (χ1n) is 11.0. The Morgan fingerprint density at radius 1 is 1.03 bits per heavy atom. The van der Waals surface area contributed by atoms with Crippen molar-refractivity contribution in [2.24, 2.45) is 0 Å². The van der Waals surface area contributed by atoms with Crippen LogP contribution in [0.5, 0.6) is 0 Å². The lowest BCUT2D eigenvalue weighted by atomic mass is 10.0. The van der Waals surface area contributed by atoms with Gasteiger partial charge in [-0.1, -0.05) is 36.4 Å². The molecule has 0 saturated carbocycles. The standard InChI is InChI=1S/C23H31N5O2S/c24-23(26-21-10-14-28(15-11-21)17-18-4-2-1-3-5-18)27-31(29,30)22-7-6-19-8-12-25-13-9-20(19)16-22/h1-7,16,21,25H,8-15,17H2,(H3,24,26,27). The van der Waals surface area contributed by atoms with Crippen molar-refractivity contribution < 1.29 is 8.42 Å². The lowest BCUT2D eigenvalue weighted by Gasteiger charge is -2.32. The van der Waals surface area contributed by atoms with Gasteiger partial charge < -0.3 is 10.6 Å². The van der Waals surface area contributed by atoms with Crippen molar-refractivity contribution in [3.63, 3.8) is 0 Å². The second kappa shape index (κ2) is 9.80. The Morgan fingerprint density at radius 2 is 1.74 bits per heavy atom. The minimum atomic E-state index is -3.77. The molecule has 1 saturated heterocycles. The molecule has 2 heterocycles. The Morgan fingerprint density at radius 3 is 2.48 bits per heavy atom. The number of rotatable bonds is 5. The van der Waals surface area contributed by atoms with Gasteiger partial charge in [0.15, 0.2) is 0 Å². The molecule has 0 bridgehead atoms. The van der Waals surface area contributed by atoms with Gasteiger partial charge in [-0.15, -0.1) is 0 Å². The highest BCUT2D eigenvalue weighted by atomic mass is 32.2. The Hall–Kier alpha value is -2.42. The fourth-order valence-corrected chi connectivity index (χ4v) is 5.31. The molecule has 4 N–H and O–H groups in total. The van der Waals surface area contributed by atoms with E-state index in [0.29, 0.717) is 0 Å². The van der Waals surface area contributed by atoms with E-state index in [2.05, 4.69) is 44.5 Å². The molecule has 2 aliphatic heterocycles. The number of nitrogens with one attached hydrogen (secondary N) is 4. The molecule has 0 atom stereocenters. The minimum absolute atomic E-state index is 0.0975. The zero-order valence-corrected chi connectivity index (χ0v) is 18.5. The summed E-state index contributed by atoms with van der Waals surface area (Å²) in [4.78, 5) is 2.61. The summed E-state index contributed by atoms with van der Waals surface area (Å²) in [5.41, 5.74) is 3.56. The highest BCUT2D eigenvalue weighted by molar-refractivity contribution is 7.90. The van der Waals surface area contributed by atoms with Crippen LogP contribution < -0.4 is 15.4 Å². The van der Waals surface area contributed by atoms with E-state index in [9.17, 15) is 8.42 Å². The van der Waals surface area contributed by atoms with Crippen LogP contribution in [0.2, 0.25) is 0 Å². The van der Waals surface area contributed by atoms with Crippen LogP contribution in [0, 0.1) is 5.41 Å². The molecule has 2 aliphatic rings. The van der Waals surface area contributed by atoms with Gasteiger partial charge in [-0.3, -0.25) is 10.3 Å². The zero-order chi connectivity index (χ0) is 21.7. The fourth-order valence-electron chi connectivity index (χ4n) is 4.32. The van der Waals surface area contributed by atoms with Crippen molar-refractivity contribution in [3.8, 4) is 0 Å². The number of hydrogen-bond donors (Lipinski definition) is 4. The quantitative estimate of drug-likeness (QED) is 0.419. The van der Waals surface area contributed by atoms with Crippen LogP contribution in [0.4, 0.5) is 0 Å². The molecule has 1 fully saturated rings. The molecule has 0 amide bonds. The number of sulfonamides is 1. The van der Waals surface area contributed by atoms with Gasteiger partial charge in [0.05, 0.1) is 4.90 Å². The Balaban J connectivity index is 1.29. The van der Waals surface area contributed by atoms with Crippen molar-refractivity contribution in [3.05, 3.63) is 65.2 Å². The first-order valence-corrected chi connectivity index (χ1v) is 12.4. The van der Waals surface area contributed by atoms with Crippen LogP contribution in [0.1, 0.15) is 29.5 Å². The van der Waals surface area contributed by atoms with E-state index in [-0.39, 0.29) is 16.9 Å². The summed E-state index contributed by atoms with van der Waals surface area (Å²) in [5, 5.41) is 14.5. The molecule has 0 radical (unpaired) electrons. The number of hydrogen-bond acceptors (Lipinski definition) is 5. The van der Waals surface area contributed by atoms with Crippen LogP contribution in [-0.2, 0) is 29.4 Å². The van der Waals surface area contributed by atoms with Gasteiger partial charge in [0, 0.05) is 25.7 Å². The van der Waals surface area contributed by atoms with Crippen molar-refractivity contribution in [1.29, 1.82) is 5.41 Å². The molecule has 0 unspecified atom stereocenters. The number of benzene rings is 2. The van der Waals surface area contributed by atoms with Crippen LogP contribution in [0.15, 0.2) is 53.4 Å². The molecular weight excluding hydrogens is 410 g/mol. The molecule has 2 aromatic carbocycles. The average Bonchev–Trinajstić information content (AvgIpc) is 3.00. The van der Waals surface area contributed by atoms with Crippen molar-refractivity contribution >= 4 is 16.0 Å². The summed E-state index contributed by atoms with van der Waals surface area (Å²) < 4.78 is 28.0. The Kier molecular flexibility index (Phi) is 6.89. The topological polar surface area (TPSA) is 97.3 Å². The second-order valence-corrected chi connectivity index (χ2v) is 10.0. The normalized spacial score (nSPS) is 18.1. The largest absolute Gasteiger partial charge is 0.353 e. The maximum atomic E-state index is 12.8. The molecule has 2 aromatic rings. The number of fused-ring (bicyclic) bond motifs is 1. The SMILES string of the molecule is N=C(NC1CCN(Cc2ccccc2)CC1)NS(=O)(=O)c1ccc2c(c1)CCNCC2. The maximum Gasteiger partial charge on any atom is 0.264 e. The summed E-state index contributed by atoms with van der Waals surface area (Å²) in [6.45, 7) is 4.53. The van der Waals surface area contributed by atoms with E-state index < -0.39 is 10.0 Å². The van der Waals surface area contributed by atoms with Gasteiger partial charge in [-0.2, -0.15) is 0 Å². The van der Waals surface area contributed by atoms with Gasteiger partial charge in [0.2, 0.25) is 5.96 Å². The number of piperidine rings is 1. The molecule has 8 heteroatoms. The average molecular weight is 442 g/mol. The van der Waals surface area contributed by atoms with E-state index in [1.807, 2.05) is 12.1 Å². The number of nitrogens with zero attached hydrogens (tertiary/aromatic N) is 1. The molecular formula is C23H31N5O2S. The Labute approximate surface area is 184 Å². The van der Waals surface area contributed by atoms with Crippen LogP contribution in [0.3, 0.4) is 0 Å². The molecule has 0 aliphatic carbocycles. The van der Waals surface area contributed by atoms with Crippen molar-refractivity contribution in [1.82, 2.24) is 20.3 Å². The van der Waals surface area contributed by atoms with Gasteiger partial charge in [0.25, 0.3) is 10.0 Å². The second-order valence-electron chi connectivity index (χ2n) is 8.34. The highest BCUT2D eigenvalue weighted by Crippen LogP contribution is 2.19. The van der Waals surface area contributed by atoms with E-state index >= 15 is 0 Å². The first-order chi connectivity index (χ1) is 15.0. The fraction of sp³-hybridized carbons (Fsp3) is 0.435. The van der Waals surface area contributed by atoms with Crippen LogP contribution in [0.25, 0.3) is 0 Å². The molecule has 4 rings (SSSR count). The maximum absolute atomic E-state index is 12.8. The van der Waals surface area contributed by atoms with E-state index in [4.69, 9.17) is 5.41 Å². The predicted molar refractivity (Wildman–Crippen MR) is 123 cm³/mol. The summed E-state index contributed by atoms with van der Waals surface area (Å²) in [6.07, 6.45) is 3.48. The summed E-state index contributed by atoms with van der Waals surface area (Å²) >= 11 is 0. The molecule has 7 nitrogen and oxygen atoms in total. The number of guanidine groups is 1. The summed E-state index contributed by atoms with van der Waals surface area (Å²) in [7, 11) is -3.77. The van der Waals surface area contributed by atoms with Crippen molar-refractivity contribution in [2.75, 3.05) is 26.2 Å².